The van der Waals surface area contributed by atoms with Crippen LogP contribution in [0.15, 0.2) is 37.6 Å². The van der Waals surface area contributed by atoms with Gasteiger partial charge in [0.2, 0.25) is 0 Å². The normalized spacial score (nSPS) is 10.1. The van der Waals surface area contributed by atoms with E-state index in [-0.39, 0.29) is 0 Å². The molecular weight excluding hydrogens is 239 g/mol. The Kier molecular flexibility index (Phi) is 6.70. The zero-order valence-electron chi connectivity index (χ0n) is 11.1. The van der Waals surface area contributed by atoms with E-state index in [1.807, 2.05) is 6.08 Å². The predicted octanol–water partition coefficient (Wildman–Crippen LogP) is 2.97. The number of hydrogen-bond donors (Lipinski definition) is 2. The van der Waals surface area contributed by atoms with E-state index in [1.54, 1.807) is 6.20 Å². The summed E-state index contributed by atoms with van der Waals surface area (Å²) in [4.78, 5) is 0. The lowest BCUT2D eigenvalue weighted by Gasteiger charge is -2.15. The molecule has 0 bridgehead atoms. The zero-order valence-corrected chi connectivity index (χ0v) is 12.3. The fraction of sp³-hybridized carbons (Fsp3) is 0.333. The fourth-order valence-corrected chi connectivity index (χ4v) is 2.33. The smallest absolute Gasteiger partial charge is 0.0434 e. The third-order valence-corrected chi connectivity index (χ3v) is 3.31. The molecule has 0 saturated carbocycles. The molecule has 1 aromatic rings. The Morgan fingerprint density at radius 3 is 2.72 bits per heavy atom. The maximum absolute atomic E-state index is 3.77. The van der Waals surface area contributed by atoms with Crippen molar-refractivity contribution in [2.24, 2.45) is 0 Å². The molecule has 18 heavy (non-hydrogen) atoms. The number of benzene rings is 1. The minimum atomic E-state index is 0.868. The summed E-state index contributed by atoms with van der Waals surface area (Å²) in [7, 11) is 2.82. The van der Waals surface area contributed by atoms with Crippen molar-refractivity contribution in [1.82, 2.24) is 5.32 Å². The molecule has 1 aromatic carbocycles. The number of aryl methyl sites for hydroxylation is 1. The van der Waals surface area contributed by atoms with Crippen molar-refractivity contribution in [1.29, 1.82) is 0 Å². The molecule has 3 heteroatoms. The van der Waals surface area contributed by atoms with Crippen molar-refractivity contribution >= 4 is 20.2 Å². The lowest BCUT2D eigenvalue weighted by atomic mass is 10.0. The van der Waals surface area contributed by atoms with Crippen LogP contribution in [-0.4, -0.2) is 6.54 Å². The Hall–Kier alpha value is -1.11. The van der Waals surface area contributed by atoms with Gasteiger partial charge in [0.25, 0.3) is 0 Å². The molecule has 0 aliphatic carbocycles. The maximum Gasteiger partial charge on any atom is 0.0434 e. The first-order chi connectivity index (χ1) is 8.72. The Labute approximate surface area is 113 Å². The van der Waals surface area contributed by atoms with Crippen molar-refractivity contribution in [2.75, 3.05) is 11.9 Å². The molecule has 1 atom stereocenters. The second-order valence-electron chi connectivity index (χ2n) is 4.17. The van der Waals surface area contributed by atoms with Crippen LogP contribution in [0.4, 0.5) is 5.69 Å². The largest absolute Gasteiger partial charge is 0.362 e. The Bertz CT molecular complexity index is 413. The van der Waals surface area contributed by atoms with Crippen molar-refractivity contribution in [3.63, 3.8) is 0 Å². The van der Waals surface area contributed by atoms with E-state index >= 15 is 0 Å². The van der Waals surface area contributed by atoms with Crippen LogP contribution < -0.4 is 15.9 Å². The van der Waals surface area contributed by atoms with Crippen LogP contribution in [0.5, 0.6) is 0 Å². The van der Waals surface area contributed by atoms with Gasteiger partial charge in [-0.15, -0.1) is 15.8 Å². The number of hydrogen-bond acceptors (Lipinski definition) is 2. The van der Waals surface area contributed by atoms with E-state index in [0.717, 1.165) is 31.6 Å². The van der Waals surface area contributed by atoms with Gasteiger partial charge in [-0.1, -0.05) is 25.6 Å². The highest BCUT2D eigenvalue weighted by Crippen LogP contribution is 2.19. The molecule has 2 nitrogen and oxygen atoms in total. The molecule has 98 valence electrons. The molecule has 0 fully saturated rings. The highest BCUT2D eigenvalue weighted by Gasteiger charge is 2.07. The molecule has 0 heterocycles. The quantitative estimate of drug-likeness (QED) is 0.556. The molecule has 0 aromatic heterocycles. The molecule has 0 aliphatic heterocycles. The Morgan fingerprint density at radius 2 is 2.11 bits per heavy atom. The molecule has 2 N–H and O–H groups in total. The van der Waals surface area contributed by atoms with E-state index in [2.05, 4.69) is 52.1 Å². The summed E-state index contributed by atoms with van der Waals surface area (Å²) in [6.07, 6.45) is 5.71. The lowest BCUT2D eigenvalue weighted by Crippen LogP contribution is -2.18. The SMILES string of the molecule is C=CCCc1cc(P)c(CNCC)c(NC=C)c1. The van der Waals surface area contributed by atoms with Crippen molar-refractivity contribution in [2.45, 2.75) is 26.3 Å². The molecule has 0 radical (unpaired) electrons. The number of nitrogens with one attached hydrogen (secondary N) is 2. The van der Waals surface area contributed by atoms with Gasteiger partial charge >= 0.3 is 0 Å². The van der Waals surface area contributed by atoms with Crippen molar-refractivity contribution in [3.05, 3.63) is 48.7 Å². The topological polar surface area (TPSA) is 24.1 Å². The molecule has 0 amide bonds. The maximum atomic E-state index is 3.77. The van der Waals surface area contributed by atoms with E-state index in [9.17, 15) is 0 Å². The molecule has 0 aliphatic rings. The van der Waals surface area contributed by atoms with Gasteiger partial charge in [-0.3, -0.25) is 0 Å². The molecule has 0 saturated heterocycles. The second-order valence-corrected chi connectivity index (χ2v) is 4.79. The first kappa shape index (κ1) is 14.9. The summed E-state index contributed by atoms with van der Waals surface area (Å²) >= 11 is 0. The first-order valence-electron chi connectivity index (χ1n) is 6.33. The monoisotopic (exact) mass is 262 g/mol. The third kappa shape index (κ3) is 4.29. The number of anilines is 1. The van der Waals surface area contributed by atoms with Gasteiger partial charge in [0.15, 0.2) is 0 Å². The van der Waals surface area contributed by atoms with Crippen LogP contribution in [0, 0.1) is 0 Å². The predicted molar refractivity (Wildman–Crippen MR) is 85.5 cm³/mol. The standard InChI is InChI=1S/C15H23N2P/c1-4-7-8-12-9-14(17-6-3)13(11-16-5-2)15(18)10-12/h4,6,9-10,16-17H,1,3,5,7-8,11,18H2,2H3. The van der Waals surface area contributed by atoms with Gasteiger partial charge in [-0.2, -0.15) is 0 Å². The first-order valence-corrected chi connectivity index (χ1v) is 6.91. The molecule has 1 unspecified atom stereocenters. The summed E-state index contributed by atoms with van der Waals surface area (Å²) in [5.74, 6) is 0. The average molecular weight is 262 g/mol. The fourth-order valence-electron chi connectivity index (χ4n) is 1.86. The van der Waals surface area contributed by atoms with Crippen LogP contribution in [-0.2, 0) is 13.0 Å². The van der Waals surface area contributed by atoms with E-state index in [1.165, 1.54) is 16.4 Å². The summed E-state index contributed by atoms with van der Waals surface area (Å²) in [5.41, 5.74) is 3.74. The van der Waals surface area contributed by atoms with Crippen LogP contribution in [0.25, 0.3) is 0 Å². The Morgan fingerprint density at radius 1 is 1.33 bits per heavy atom. The molecule has 0 spiro atoms. The van der Waals surface area contributed by atoms with Gasteiger partial charge in [0.05, 0.1) is 0 Å². The summed E-state index contributed by atoms with van der Waals surface area (Å²) in [6, 6.07) is 4.43. The Balaban J connectivity index is 3.00. The minimum Gasteiger partial charge on any atom is -0.362 e. The van der Waals surface area contributed by atoms with Crippen molar-refractivity contribution < 1.29 is 0 Å². The van der Waals surface area contributed by atoms with E-state index in [4.69, 9.17) is 0 Å². The lowest BCUT2D eigenvalue weighted by molar-refractivity contribution is 0.730. The van der Waals surface area contributed by atoms with Gasteiger partial charge in [0.1, 0.15) is 0 Å². The average Bonchev–Trinajstić information content (AvgIpc) is 2.36. The van der Waals surface area contributed by atoms with Gasteiger partial charge < -0.3 is 10.6 Å². The highest BCUT2D eigenvalue weighted by molar-refractivity contribution is 7.27. The molecular formula is C15H23N2P. The minimum absolute atomic E-state index is 0.868. The van der Waals surface area contributed by atoms with Crippen LogP contribution >= 0.6 is 9.24 Å². The van der Waals surface area contributed by atoms with Crippen LogP contribution in [0.3, 0.4) is 0 Å². The summed E-state index contributed by atoms with van der Waals surface area (Å²) in [6.45, 7) is 11.5. The van der Waals surface area contributed by atoms with Crippen molar-refractivity contribution in [3.8, 4) is 0 Å². The number of rotatable bonds is 8. The molecule has 1 rings (SSSR count). The van der Waals surface area contributed by atoms with E-state index < -0.39 is 0 Å². The zero-order chi connectivity index (χ0) is 13.4. The third-order valence-electron chi connectivity index (χ3n) is 2.79. The summed E-state index contributed by atoms with van der Waals surface area (Å²) in [5, 5.41) is 7.83. The highest BCUT2D eigenvalue weighted by atomic mass is 31.0. The summed E-state index contributed by atoms with van der Waals surface area (Å²) < 4.78 is 0. The van der Waals surface area contributed by atoms with Gasteiger partial charge in [0, 0.05) is 12.2 Å². The van der Waals surface area contributed by atoms with Gasteiger partial charge in [-0.05, 0) is 48.1 Å². The number of allylic oxidation sites excluding steroid dienone is 1. The van der Waals surface area contributed by atoms with E-state index in [0.29, 0.717) is 0 Å². The van der Waals surface area contributed by atoms with Gasteiger partial charge in [-0.25, -0.2) is 0 Å². The van der Waals surface area contributed by atoms with Crippen LogP contribution in [0.1, 0.15) is 24.5 Å². The van der Waals surface area contributed by atoms with Crippen LogP contribution in [0.2, 0.25) is 0 Å². The second kappa shape index (κ2) is 8.07.